The van der Waals surface area contributed by atoms with Crippen molar-refractivity contribution >= 4 is 11.6 Å². The summed E-state index contributed by atoms with van der Waals surface area (Å²) in [5.74, 6) is 0.967. The van der Waals surface area contributed by atoms with Crippen LogP contribution in [0.3, 0.4) is 0 Å². The van der Waals surface area contributed by atoms with Crippen LogP contribution in [-0.4, -0.2) is 19.6 Å². The summed E-state index contributed by atoms with van der Waals surface area (Å²) in [4.78, 5) is 13.4. The molecule has 4 aromatic rings. The maximum atomic E-state index is 13.4. The number of nitriles is 1. The van der Waals surface area contributed by atoms with Gasteiger partial charge in [0.2, 0.25) is 5.91 Å². The highest BCUT2D eigenvalue weighted by molar-refractivity contribution is 5.86. The predicted molar refractivity (Wildman–Crippen MR) is 144 cm³/mol. The van der Waals surface area contributed by atoms with Gasteiger partial charge in [-0.05, 0) is 59.5 Å². The molecule has 0 aliphatic heterocycles. The van der Waals surface area contributed by atoms with Gasteiger partial charge in [-0.1, -0.05) is 66.7 Å². The molecule has 0 spiro atoms. The normalized spacial score (nSPS) is 11.1. The van der Waals surface area contributed by atoms with Crippen LogP contribution in [-0.2, 0) is 17.8 Å². The van der Waals surface area contributed by atoms with Gasteiger partial charge >= 0.3 is 0 Å². The average Bonchev–Trinajstić information content (AvgIpc) is 2.96. The fourth-order valence-corrected chi connectivity index (χ4v) is 3.90. The van der Waals surface area contributed by atoms with Crippen molar-refractivity contribution in [3.05, 3.63) is 125 Å². The van der Waals surface area contributed by atoms with E-state index in [4.69, 9.17) is 14.7 Å². The molecule has 186 valence electrons. The zero-order chi connectivity index (χ0) is 25.9. The number of methoxy groups -OCH3 is 1. The van der Waals surface area contributed by atoms with E-state index in [1.807, 2.05) is 78.9 Å². The average molecular weight is 492 g/mol. The summed E-state index contributed by atoms with van der Waals surface area (Å²) in [5, 5.41) is 15.5. The van der Waals surface area contributed by atoms with Gasteiger partial charge in [-0.25, -0.2) is 0 Å². The van der Waals surface area contributed by atoms with Crippen molar-refractivity contribution in [2.24, 2.45) is 0 Å². The van der Waals surface area contributed by atoms with E-state index in [9.17, 15) is 4.79 Å². The molecule has 6 heteroatoms. The van der Waals surface area contributed by atoms with Crippen LogP contribution < -0.4 is 20.1 Å². The minimum absolute atomic E-state index is 0.166. The third-order valence-electron chi connectivity index (χ3n) is 5.90. The SMILES string of the molecule is COc1cc([C@@H](Nc2ccc(C#N)cc2)C(=O)NCCc2ccccc2)ccc1OCc1ccccc1. The second kappa shape index (κ2) is 12.8. The monoisotopic (exact) mass is 491 g/mol. The molecule has 0 radical (unpaired) electrons. The summed E-state index contributed by atoms with van der Waals surface area (Å²) in [6.45, 7) is 0.910. The van der Waals surface area contributed by atoms with Crippen LogP contribution in [0.1, 0.15) is 28.3 Å². The van der Waals surface area contributed by atoms with E-state index in [1.54, 1.807) is 31.4 Å². The first-order chi connectivity index (χ1) is 18.2. The van der Waals surface area contributed by atoms with Gasteiger partial charge in [0, 0.05) is 12.2 Å². The molecule has 1 amide bonds. The van der Waals surface area contributed by atoms with Gasteiger partial charge in [-0.3, -0.25) is 4.79 Å². The predicted octanol–water partition coefficient (Wildman–Crippen LogP) is 5.66. The molecule has 4 aromatic carbocycles. The van der Waals surface area contributed by atoms with Crippen LogP contribution in [0.25, 0.3) is 0 Å². The van der Waals surface area contributed by atoms with E-state index in [-0.39, 0.29) is 5.91 Å². The van der Waals surface area contributed by atoms with E-state index in [1.165, 1.54) is 0 Å². The molecule has 37 heavy (non-hydrogen) atoms. The van der Waals surface area contributed by atoms with Crippen molar-refractivity contribution in [2.75, 3.05) is 19.0 Å². The smallest absolute Gasteiger partial charge is 0.247 e. The summed E-state index contributed by atoms with van der Waals surface area (Å²) >= 11 is 0. The second-order valence-corrected chi connectivity index (χ2v) is 8.48. The van der Waals surface area contributed by atoms with Crippen molar-refractivity contribution in [3.63, 3.8) is 0 Å². The fraction of sp³-hybridized carbons (Fsp3) is 0.161. The van der Waals surface area contributed by atoms with Crippen LogP contribution in [0.5, 0.6) is 11.5 Å². The molecule has 0 aliphatic rings. The third kappa shape index (κ3) is 7.12. The molecule has 0 bridgehead atoms. The number of benzene rings is 4. The molecular formula is C31H29N3O3. The zero-order valence-corrected chi connectivity index (χ0v) is 20.7. The molecule has 0 heterocycles. The Morgan fingerprint density at radius 3 is 2.19 bits per heavy atom. The second-order valence-electron chi connectivity index (χ2n) is 8.48. The fourth-order valence-electron chi connectivity index (χ4n) is 3.90. The topological polar surface area (TPSA) is 83.4 Å². The summed E-state index contributed by atoms with van der Waals surface area (Å²) in [5.41, 5.74) is 4.21. The Labute approximate surface area is 217 Å². The molecule has 6 nitrogen and oxygen atoms in total. The Morgan fingerprint density at radius 1 is 0.865 bits per heavy atom. The van der Waals surface area contributed by atoms with Gasteiger partial charge in [-0.2, -0.15) is 5.26 Å². The van der Waals surface area contributed by atoms with Crippen molar-refractivity contribution in [3.8, 4) is 17.6 Å². The first-order valence-electron chi connectivity index (χ1n) is 12.1. The Balaban J connectivity index is 1.52. The van der Waals surface area contributed by atoms with Gasteiger partial charge in [-0.15, -0.1) is 0 Å². The van der Waals surface area contributed by atoms with Crippen molar-refractivity contribution in [2.45, 2.75) is 19.1 Å². The van der Waals surface area contributed by atoms with Gasteiger partial charge < -0.3 is 20.1 Å². The summed E-state index contributed by atoms with van der Waals surface area (Å²) in [6, 6.07) is 33.9. The quantitative estimate of drug-likeness (QED) is 0.283. The van der Waals surface area contributed by atoms with Gasteiger partial charge in [0.15, 0.2) is 11.5 Å². The number of anilines is 1. The maximum absolute atomic E-state index is 13.4. The van der Waals surface area contributed by atoms with Crippen molar-refractivity contribution in [1.29, 1.82) is 5.26 Å². The molecule has 2 N–H and O–H groups in total. The maximum Gasteiger partial charge on any atom is 0.247 e. The third-order valence-corrected chi connectivity index (χ3v) is 5.90. The van der Waals surface area contributed by atoms with Crippen LogP contribution in [0, 0.1) is 11.3 Å². The standard InChI is InChI=1S/C31H29N3O3/c1-36-29-20-26(14-17-28(29)37-22-25-10-6-3-7-11-25)30(34-27-15-12-24(21-32)13-16-27)31(35)33-19-18-23-8-4-2-5-9-23/h2-17,20,30,34H,18-19,22H2,1H3,(H,33,35)/t30-/m1/s1. The Morgan fingerprint density at radius 2 is 1.54 bits per heavy atom. The molecule has 0 saturated carbocycles. The van der Waals surface area contributed by atoms with Gasteiger partial charge in [0.05, 0.1) is 18.7 Å². The van der Waals surface area contributed by atoms with Gasteiger partial charge in [0.1, 0.15) is 12.6 Å². The zero-order valence-electron chi connectivity index (χ0n) is 20.7. The number of amides is 1. The molecule has 0 fully saturated rings. The number of nitrogens with one attached hydrogen (secondary N) is 2. The van der Waals surface area contributed by atoms with Crippen molar-refractivity contribution < 1.29 is 14.3 Å². The number of rotatable bonds is 11. The number of hydrogen-bond acceptors (Lipinski definition) is 5. The Bertz CT molecular complexity index is 1330. The lowest BCUT2D eigenvalue weighted by molar-refractivity contribution is -0.121. The van der Waals surface area contributed by atoms with Crippen LogP contribution in [0.15, 0.2) is 103 Å². The lowest BCUT2D eigenvalue weighted by Gasteiger charge is -2.21. The highest BCUT2D eigenvalue weighted by Crippen LogP contribution is 2.32. The largest absolute Gasteiger partial charge is 0.493 e. The van der Waals surface area contributed by atoms with Gasteiger partial charge in [0.25, 0.3) is 0 Å². The molecule has 0 aromatic heterocycles. The summed E-state index contributed by atoms with van der Waals surface area (Å²) < 4.78 is 11.6. The van der Waals surface area contributed by atoms with E-state index in [2.05, 4.69) is 16.7 Å². The minimum atomic E-state index is -0.680. The summed E-state index contributed by atoms with van der Waals surface area (Å²) in [6.07, 6.45) is 0.728. The molecule has 0 unspecified atom stereocenters. The molecule has 0 saturated heterocycles. The Kier molecular flexibility index (Phi) is 8.77. The van der Waals surface area contributed by atoms with E-state index in [0.29, 0.717) is 30.2 Å². The number of carbonyl (C=O) groups is 1. The molecule has 0 aliphatic carbocycles. The molecule has 4 rings (SSSR count). The van der Waals surface area contributed by atoms with E-state index in [0.717, 1.165) is 28.8 Å². The molecular weight excluding hydrogens is 462 g/mol. The Hall–Kier alpha value is -4.76. The van der Waals surface area contributed by atoms with Crippen molar-refractivity contribution in [1.82, 2.24) is 5.32 Å². The lowest BCUT2D eigenvalue weighted by Crippen LogP contribution is -2.34. The van der Waals surface area contributed by atoms with Crippen LogP contribution in [0.2, 0.25) is 0 Å². The number of nitrogens with zero attached hydrogens (tertiary/aromatic N) is 1. The lowest BCUT2D eigenvalue weighted by atomic mass is 10.0. The number of hydrogen-bond donors (Lipinski definition) is 2. The highest BCUT2D eigenvalue weighted by Gasteiger charge is 2.22. The highest BCUT2D eigenvalue weighted by atomic mass is 16.5. The summed E-state index contributed by atoms with van der Waals surface area (Å²) in [7, 11) is 1.58. The molecule has 1 atom stereocenters. The van der Waals surface area contributed by atoms with Crippen LogP contribution in [0.4, 0.5) is 5.69 Å². The first kappa shape index (κ1) is 25.3. The van der Waals surface area contributed by atoms with Crippen LogP contribution >= 0.6 is 0 Å². The number of ether oxygens (including phenoxy) is 2. The van der Waals surface area contributed by atoms with E-state index < -0.39 is 6.04 Å². The first-order valence-corrected chi connectivity index (χ1v) is 12.1. The van der Waals surface area contributed by atoms with E-state index >= 15 is 0 Å². The number of carbonyl (C=O) groups excluding carboxylic acids is 1. The minimum Gasteiger partial charge on any atom is -0.493 e.